The molecule has 0 aliphatic carbocycles. The zero-order valence-electron chi connectivity index (χ0n) is 5.75. The first-order valence-corrected chi connectivity index (χ1v) is 2.59. The van der Waals surface area contributed by atoms with Gasteiger partial charge in [-0.1, -0.05) is 0 Å². The van der Waals surface area contributed by atoms with Crippen molar-refractivity contribution in [1.29, 1.82) is 0 Å². The number of halogens is 6. The van der Waals surface area contributed by atoms with Gasteiger partial charge >= 0.3 is 6.11 Å². The fourth-order valence-electron chi connectivity index (χ4n) is 0.324. The van der Waals surface area contributed by atoms with Crippen LogP contribution in [0.25, 0.3) is 0 Å². The minimum absolute atomic E-state index is 0.359. The highest BCUT2D eigenvalue weighted by Gasteiger charge is 2.40. The Hall–Kier alpha value is -0.720. The molecule has 72 valence electrons. The summed E-state index contributed by atoms with van der Waals surface area (Å²) < 4.78 is 73.3. The van der Waals surface area contributed by atoms with E-state index in [4.69, 9.17) is 0 Å². The van der Waals surface area contributed by atoms with Gasteiger partial charge in [0.05, 0.1) is 0 Å². The number of hydrogen-bond donors (Lipinski definition) is 0. The number of allylic oxidation sites excluding steroid dienone is 1. The molecule has 0 spiro atoms. The first-order valence-electron chi connectivity index (χ1n) is 2.59. The lowest BCUT2D eigenvalue weighted by Crippen LogP contribution is -2.21. The van der Waals surface area contributed by atoms with E-state index in [2.05, 4.69) is 4.74 Å². The molecule has 0 aromatic carbocycles. The molecule has 0 saturated carbocycles. The van der Waals surface area contributed by atoms with E-state index in [-0.39, 0.29) is 0 Å². The van der Waals surface area contributed by atoms with E-state index in [1.165, 1.54) is 0 Å². The van der Waals surface area contributed by atoms with E-state index in [0.717, 1.165) is 0 Å². The zero-order chi connectivity index (χ0) is 9.94. The second-order valence-corrected chi connectivity index (χ2v) is 1.68. The molecule has 0 saturated heterocycles. The third-order valence-corrected chi connectivity index (χ3v) is 0.913. The summed E-state index contributed by atoms with van der Waals surface area (Å²) >= 11 is 0. The van der Waals surface area contributed by atoms with Crippen LogP contribution >= 0.6 is 0 Å². The van der Waals surface area contributed by atoms with E-state index in [1.54, 1.807) is 0 Å². The Morgan fingerprint density at radius 3 is 1.92 bits per heavy atom. The average molecular weight is 194 g/mol. The Morgan fingerprint density at radius 1 is 1.25 bits per heavy atom. The molecule has 0 fully saturated rings. The minimum atomic E-state index is -4.64. The fourth-order valence-corrected chi connectivity index (χ4v) is 0.324. The smallest absolute Gasteiger partial charge is 0.318 e. The van der Waals surface area contributed by atoms with Crippen LogP contribution in [0.3, 0.4) is 0 Å². The van der Waals surface area contributed by atoms with Crippen LogP contribution in [0.15, 0.2) is 11.7 Å². The summed E-state index contributed by atoms with van der Waals surface area (Å²) in [6, 6.07) is 0. The SMILES string of the molecule is COC(F)(F)/C(F)=C(\F)C(F)F. The lowest BCUT2D eigenvalue weighted by Gasteiger charge is -2.11. The van der Waals surface area contributed by atoms with Crippen molar-refractivity contribution in [3.05, 3.63) is 11.7 Å². The van der Waals surface area contributed by atoms with Crippen LogP contribution in [0, 0.1) is 0 Å². The molecule has 7 heteroatoms. The van der Waals surface area contributed by atoms with Gasteiger partial charge in [0.25, 0.3) is 6.43 Å². The standard InChI is InChI=1S/C5H4F6O/c1-12-5(10,11)3(7)2(6)4(8)9/h4H,1H3/b3-2+. The van der Waals surface area contributed by atoms with Crippen LogP contribution in [0.4, 0.5) is 26.3 Å². The highest BCUT2D eigenvalue weighted by atomic mass is 19.3. The van der Waals surface area contributed by atoms with Crippen molar-refractivity contribution in [2.24, 2.45) is 0 Å². The normalized spacial score (nSPS) is 15.0. The molecule has 1 nitrogen and oxygen atoms in total. The Bertz CT molecular complexity index is 186. The third-order valence-electron chi connectivity index (χ3n) is 0.913. The van der Waals surface area contributed by atoms with Gasteiger partial charge in [-0.3, -0.25) is 0 Å². The quantitative estimate of drug-likeness (QED) is 0.627. The van der Waals surface area contributed by atoms with Gasteiger partial charge in [-0.2, -0.15) is 13.2 Å². The van der Waals surface area contributed by atoms with E-state index >= 15 is 0 Å². The molecule has 0 aromatic rings. The monoisotopic (exact) mass is 194 g/mol. The molecule has 0 amide bonds. The molecule has 0 unspecified atom stereocenters. The van der Waals surface area contributed by atoms with Crippen LogP contribution in [0.5, 0.6) is 0 Å². The van der Waals surface area contributed by atoms with Crippen molar-refractivity contribution < 1.29 is 31.1 Å². The van der Waals surface area contributed by atoms with Crippen molar-refractivity contribution in [2.75, 3.05) is 7.11 Å². The van der Waals surface area contributed by atoms with Crippen LogP contribution in [0.2, 0.25) is 0 Å². The average Bonchev–Trinajstić information content (AvgIpc) is 2.01. The van der Waals surface area contributed by atoms with Crippen molar-refractivity contribution in [2.45, 2.75) is 12.5 Å². The summed E-state index contributed by atoms with van der Waals surface area (Å²) in [6.07, 6.45) is -8.55. The van der Waals surface area contributed by atoms with Gasteiger partial charge in [0, 0.05) is 7.11 Å². The van der Waals surface area contributed by atoms with Crippen LogP contribution < -0.4 is 0 Å². The summed E-state index contributed by atoms with van der Waals surface area (Å²) in [6.45, 7) is 0. The first kappa shape index (κ1) is 11.3. The van der Waals surface area contributed by atoms with Gasteiger partial charge in [-0.05, 0) is 0 Å². The highest BCUT2D eigenvalue weighted by molar-refractivity contribution is 5.07. The second kappa shape index (κ2) is 3.79. The molecule has 0 N–H and O–H groups in total. The maximum atomic E-state index is 12.0. The van der Waals surface area contributed by atoms with E-state index in [1.807, 2.05) is 0 Å². The Morgan fingerprint density at radius 2 is 1.67 bits per heavy atom. The maximum absolute atomic E-state index is 12.0. The Balaban J connectivity index is 4.77. The predicted molar refractivity (Wildman–Crippen MR) is 27.2 cm³/mol. The molecule has 12 heavy (non-hydrogen) atoms. The van der Waals surface area contributed by atoms with Gasteiger partial charge in [-0.25, -0.2) is 13.2 Å². The summed E-state index contributed by atoms with van der Waals surface area (Å²) in [5.41, 5.74) is 0. The molecular weight excluding hydrogens is 190 g/mol. The summed E-state index contributed by atoms with van der Waals surface area (Å²) in [5.74, 6) is -5.72. The summed E-state index contributed by atoms with van der Waals surface area (Å²) in [7, 11) is 0.359. The number of alkyl halides is 4. The van der Waals surface area contributed by atoms with Crippen molar-refractivity contribution >= 4 is 0 Å². The number of hydrogen-bond acceptors (Lipinski definition) is 1. The van der Waals surface area contributed by atoms with Gasteiger partial charge in [0.2, 0.25) is 11.7 Å². The Labute approximate surface area is 63.6 Å². The van der Waals surface area contributed by atoms with Crippen LogP contribution in [-0.4, -0.2) is 19.6 Å². The predicted octanol–water partition coefficient (Wildman–Crippen LogP) is 2.64. The number of rotatable bonds is 3. The molecule has 0 bridgehead atoms. The molecule has 0 rings (SSSR count). The van der Waals surface area contributed by atoms with Gasteiger partial charge < -0.3 is 4.74 Å². The van der Waals surface area contributed by atoms with Crippen molar-refractivity contribution in [3.8, 4) is 0 Å². The lowest BCUT2D eigenvalue weighted by molar-refractivity contribution is -0.205. The van der Waals surface area contributed by atoms with Gasteiger partial charge in [-0.15, -0.1) is 0 Å². The van der Waals surface area contributed by atoms with E-state index in [9.17, 15) is 26.3 Å². The van der Waals surface area contributed by atoms with Crippen molar-refractivity contribution in [1.82, 2.24) is 0 Å². The van der Waals surface area contributed by atoms with Crippen LogP contribution in [0.1, 0.15) is 0 Å². The van der Waals surface area contributed by atoms with Crippen molar-refractivity contribution in [3.63, 3.8) is 0 Å². The lowest BCUT2D eigenvalue weighted by atomic mass is 10.4. The van der Waals surface area contributed by atoms with Crippen LogP contribution in [-0.2, 0) is 4.74 Å². The molecule has 0 radical (unpaired) electrons. The van der Waals surface area contributed by atoms with Gasteiger partial charge in [0.15, 0.2) is 0 Å². The molecular formula is C5H4F6O. The van der Waals surface area contributed by atoms with E-state index < -0.39 is 24.2 Å². The van der Waals surface area contributed by atoms with E-state index in [0.29, 0.717) is 7.11 Å². The topological polar surface area (TPSA) is 9.23 Å². The molecule has 0 aliphatic heterocycles. The second-order valence-electron chi connectivity index (χ2n) is 1.68. The molecule has 0 aromatic heterocycles. The third kappa shape index (κ3) is 2.40. The number of methoxy groups -OCH3 is 1. The largest absolute Gasteiger partial charge is 0.411 e. The zero-order valence-corrected chi connectivity index (χ0v) is 5.75. The summed E-state index contributed by atoms with van der Waals surface area (Å²) in [4.78, 5) is 0. The first-order chi connectivity index (χ1) is 5.33. The summed E-state index contributed by atoms with van der Waals surface area (Å²) in [5, 5.41) is 0. The minimum Gasteiger partial charge on any atom is -0.318 e. The van der Waals surface area contributed by atoms with Gasteiger partial charge in [0.1, 0.15) is 0 Å². The fraction of sp³-hybridized carbons (Fsp3) is 0.600. The molecule has 0 heterocycles. The maximum Gasteiger partial charge on any atom is 0.411 e. The number of ether oxygens (including phenoxy) is 1. The molecule has 0 atom stereocenters. The highest BCUT2D eigenvalue weighted by Crippen LogP contribution is 2.31. The Kier molecular flexibility index (Phi) is 3.56. The molecule has 0 aliphatic rings.